The zero-order valence-electron chi connectivity index (χ0n) is 8.81. The van der Waals surface area contributed by atoms with Crippen molar-refractivity contribution in [3.8, 4) is 0 Å². The molecule has 0 saturated carbocycles. The summed E-state index contributed by atoms with van der Waals surface area (Å²) in [6.07, 6.45) is -0.376. The lowest BCUT2D eigenvalue weighted by atomic mass is 10.2. The van der Waals surface area contributed by atoms with E-state index in [2.05, 4.69) is 10.6 Å². The van der Waals surface area contributed by atoms with Gasteiger partial charge in [-0.3, -0.25) is 4.79 Å². The van der Waals surface area contributed by atoms with Crippen LogP contribution in [0.25, 0.3) is 0 Å². The molecule has 1 aromatic carbocycles. The maximum Gasteiger partial charge on any atom is 0.254 e. The summed E-state index contributed by atoms with van der Waals surface area (Å²) < 4.78 is 5.34. The Bertz CT molecular complexity index is 326. The minimum Gasteiger partial charge on any atom is -0.366 e. The van der Waals surface area contributed by atoms with E-state index in [9.17, 15) is 4.79 Å². The molecule has 5 heteroatoms. The first kappa shape index (κ1) is 13.0. The molecule has 1 aliphatic rings. The van der Waals surface area contributed by atoms with Gasteiger partial charge in [0.15, 0.2) is 0 Å². The Labute approximate surface area is 101 Å². The summed E-state index contributed by atoms with van der Waals surface area (Å²) in [5.74, 6) is -0.0894. The molecule has 1 fully saturated rings. The molecule has 1 aromatic rings. The highest BCUT2D eigenvalue weighted by atomic mass is 35.5. The molecule has 1 heterocycles. The zero-order valence-corrected chi connectivity index (χ0v) is 9.63. The number of amides is 1. The fraction of sp³-hybridized carbons (Fsp3) is 0.364. The largest absolute Gasteiger partial charge is 0.366 e. The maximum absolute atomic E-state index is 11.7. The van der Waals surface area contributed by atoms with Gasteiger partial charge in [-0.05, 0) is 12.1 Å². The van der Waals surface area contributed by atoms with Gasteiger partial charge in [-0.15, -0.1) is 12.4 Å². The summed E-state index contributed by atoms with van der Waals surface area (Å²) >= 11 is 0. The van der Waals surface area contributed by atoms with Crippen LogP contribution in [0.15, 0.2) is 30.3 Å². The molecule has 0 bridgehead atoms. The van der Waals surface area contributed by atoms with Gasteiger partial charge in [-0.2, -0.15) is 0 Å². The van der Waals surface area contributed by atoms with Crippen LogP contribution in [0.4, 0.5) is 5.69 Å². The van der Waals surface area contributed by atoms with Crippen LogP contribution >= 0.6 is 12.4 Å². The van der Waals surface area contributed by atoms with Gasteiger partial charge >= 0.3 is 0 Å². The summed E-state index contributed by atoms with van der Waals surface area (Å²) in [6, 6.07) is 9.39. The van der Waals surface area contributed by atoms with Gasteiger partial charge in [-0.25, -0.2) is 0 Å². The number of halogens is 1. The molecule has 0 aromatic heterocycles. The fourth-order valence-corrected chi connectivity index (χ4v) is 1.48. The third-order valence-corrected chi connectivity index (χ3v) is 2.26. The highest BCUT2D eigenvalue weighted by Gasteiger charge is 2.21. The molecule has 1 saturated heterocycles. The average Bonchev–Trinajstić information content (AvgIpc) is 2.31. The van der Waals surface area contributed by atoms with Gasteiger partial charge in [0.25, 0.3) is 5.91 Å². The van der Waals surface area contributed by atoms with E-state index in [0.717, 1.165) is 12.2 Å². The number of carbonyl (C=O) groups is 1. The quantitative estimate of drug-likeness (QED) is 0.815. The van der Waals surface area contributed by atoms with Crippen LogP contribution in [0.5, 0.6) is 0 Å². The first-order valence-electron chi connectivity index (χ1n) is 5.04. The minimum absolute atomic E-state index is 0. The molecule has 16 heavy (non-hydrogen) atoms. The highest BCUT2D eigenvalue weighted by molar-refractivity contribution is 5.94. The lowest BCUT2D eigenvalue weighted by Crippen LogP contribution is -2.45. The number of anilines is 1. The number of benzene rings is 1. The molecular formula is C11H15ClN2O2. The van der Waals surface area contributed by atoms with Crippen molar-refractivity contribution in [3.63, 3.8) is 0 Å². The van der Waals surface area contributed by atoms with Crippen LogP contribution < -0.4 is 10.6 Å². The molecule has 2 rings (SSSR count). The highest BCUT2D eigenvalue weighted by Crippen LogP contribution is 2.07. The van der Waals surface area contributed by atoms with E-state index in [0.29, 0.717) is 13.2 Å². The van der Waals surface area contributed by atoms with Gasteiger partial charge in [0, 0.05) is 18.8 Å². The van der Waals surface area contributed by atoms with E-state index >= 15 is 0 Å². The third kappa shape index (κ3) is 3.48. The Kier molecular flexibility index (Phi) is 5.25. The van der Waals surface area contributed by atoms with Crippen molar-refractivity contribution in [2.45, 2.75) is 6.10 Å². The number of carbonyl (C=O) groups excluding carboxylic acids is 1. The Morgan fingerprint density at radius 3 is 2.75 bits per heavy atom. The van der Waals surface area contributed by atoms with Gasteiger partial charge in [0.1, 0.15) is 6.10 Å². The molecule has 0 aliphatic carbocycles. The van der Waals surface area contributed by atoms with Gasteiger partial charge < -0.3 is 15.4 Å². The van der Waals surface area contributed by atoms with E-state index in [-0.39, 0.29) is 24.4 Å². The molecule has 1 amide bonds. The van der Waals surface area contributed by atoms with Crippen LogP contribution in [-0.2, 0) is 9.53 Å². The predicted octanol–water partition coefficient (Wildman–Crippen LogP) is 1.04. The number of hydrogen-bond acceptors (Lipinski definition) is 3. The van der Waals surface area contributed by atoms with Crippen molar-refractivity contribution >= 4 is 24.0 Å². The SMILES string of the molecule is Cl.O=C(Nc1ccccc1)C1CNCCO1. The van der Waals surface area contributed by atoms with E-state index in [1.165, 1.54) is 0 Å². The number of para-hydroxylation sites is 1. The number of nitrogens with one attached hydrogen (secondary N) is 2. The first-order chi connectivity index (χ1) is 7.36. The van der Waals surface area contributed by atoms with Crippen molar-refractivity contribution in [2.24, 2.45) is 0 Å². The smallest absolute Gasteiger partial charge is 0.254 e. The Morgan fingerprint density at radius 1 is 1.38 bits per heavy atom. The van der Waals surface area contributed by atoms with Gasteiger partial charge in [0.05, 0.1) is 6.61 Å². The van der Waals surface area contributed by atoms with Gasteiger partial charge in [-0.1, -0.05) is 18.2 Å². The Balaban J connectivity index is 0.00000128. The molecule has 1 atom stereocenters. The minimum atomic E-state index is -0.376. The summed E-state index contributed by atoms with van der Waals surface area (Å²) in [4.78, 5) is 11.7. The molecule has 1 unspecified atom stereocenters. The number of hydrogen-bond donors (Lipinski definition) is 2. The second-order valence-corrected chi connectivity index (χ2v) is 3.42. The molecule has 0 radical (unpaired) electrons. The number of morpholine rings is 1. The molecule has 2 N–H and O–H groups in total. The monoisotopic (exact) mass is 242 g/mol. The summed E-state index contributed by atoms with van der Waals surface area (Å²) in [7, 11) is 0. The lowest BCUT2D eigenvalue weighted by molar-refractivity contribution is -0.128. The van der Waals surface area contributed by atoms with Crippen molar-refractivity contribution < 1.29 is 9.53 Å². The van der Waals surface area contributed by atoms with E-state index in [1.54, 1.807) is 0 Å². The molecule has 1 aliphatic heterocycles. The molecule has 88 valence electrons. The zero-order chi connectivity index (χ0) is 10.5. The Morgan fingerprint density at radius 2 is 2.12 bits per heavy atom. The number of rotatable bonds is 2. The maximum atomic E-state index is 11.7. The number of ether oxygens (including phenoxy) is 1. The lowest BCUT2D eigenvalue weighted by Gasteiger charge is -2.22. The van der Waals surface area contributed by atoms with Crippen molar-refractivity contribution in [1.82, 2.24) is 5.32 Å². The van der Waals surface area contributed by atoms with Crippen molar-refractivity contribution in [2.75, 3.05) is 25.0 Å². The fourth-order valence-electron chi connectivity index (χ4n) is 1.48. The van der Waals surface area contributed by atoms with Crippen LogP contribution in [0, 0.1) is 0 Å². The van der Waals surface area contributed by atoms with Crippen LogP contribution in [0.1, 0.15) is 0 Å². The summed E-state index contributed by atoms with van der Waals surface area (Å²) in [6.45, 7) is 1.99. The summed E-state index contributed by atoms with van der Waals surface area (Å²) in [5.41, 5.74) is 0.802. The summed E-state index contributed by atoms with van der Waals surface area (Å²) in [5, 5.41) is 5.92. The first-order valence-corrected chi connectivity index (χ1v) is 5.04. The van der Waals surface area contributed by atoms with Crippen LogP contribution in [0.2, 0.25) is 0 Å². The molecule has 0 spiro atoms. The van der Waals surface area contributed by atoms with E-state index in [1.807, 2.05) is 30.3 Å². The van der Waals surface area contributed by atoms with E-state index in [4.69, 9.17) is 4.74 Å². The second-order valence-electron chi connectivity index (χ2n) is 3.42. The third-order valence-electron chi connectivity index (χ3n) is 2.26. The molecule has 4 nitrogen and oxygen atoms in total. The standard InChI is InChI=1S/C11H14N2O2.ClH/c14-11(10-8-12-6-7-15-10)13-9-4-2-1-3-5-9;/h1-5,10,12H,6-8H2,(H,13,14);1H. The Hall–Kier alpha value is -1.10. The van der Waals surface area contributed by atoms with Crippen LogP contribution in [-0.4, -0.2) is 31.7 Å². The normalized spacial score (nSPS) is 19.6. The average molecular weight is 243 g/mol. The van der Waals surface area contributed by atoms with E-state index < -0.39 is 0 Å². The molecular weight excluding hydrogens is 228 g/mol. The topological polar surface area (TPSA) is 50.4 Å². The van der Waals surface area contributed by atoms with Crippen molar-refractivity contribution in [3.05, 3.63) is 30.3 Å². The predicted molar refractivity (Wildman–Crippen MR) is 64.9 cm³/mol. The van der Waals surface area contributed by atoms with Crippen LogP contribution in [0.3, 0.4) is 0 Å². The van der Waals surface area contributed by atoms with Crippen molar-refractivity contribution in [1.29, 1.82) is 0 Å². The van der Waals surface area contributed by atoms with Gasteiger partial charge in [0.2, 0.25) is 0 Å². The second kappa shape index (κ2) is 6.48.